The van der Waals surface area contributed by atoms with Gasteiger partial charge in [-0.05, 0) is 39.7 Å². The lowest BCUT2D eigenvalue weighted by molar-refractivity contribution is 0.646. The van der Waals surface area contributed by atoms with Gasteiger partial charge in [-0.15, -0.1) is 0 Å². The fourth-order valence-corrected chi connectivity index (χ4v) is 2.36. The molecule has 2 N–H and O–H groups in total. The molecule has 1 heterocycles. The lowest BCUT2D eigenvalue weighted by Crippen LogP contribution is -2.21. The Hall–Kier alpha value is 0.140. The lowest BCUT2D eigenvalue weighted by atomic mass is 10.1. The number of thiophene rings is 1. The Bertz CT molecular complexity index is 222. The van der Waals surface area contributed by atoms with Gasteiger partial charge in [-0.25, -0.2) is 0 Å². The molecule has 1 rings (SSSR count). The standard InChI is InChI=1S/C8H12BrNS/c1-2-7(10)3-6-4-11-5-8(6)9/h4-5,7H,2-3,10H2,1H3. The van der Waals surface area contributed by atoms with Crippen LogP contribution in [0.3, 0.4) is 0 Å². The third kappa shape index (κ3) is 2.58. The molecule has 1 aromatic rings. The Kier molecular flexibility index (Phi) is 3.55. The maximum absolute atomic E-state index is 5.82. The molecular formula is C8H12BrNS. The van der Waals surface area contributed by atoms with Gasteiger partial charge in [-0.2, -0.15) is 11.3 Å². The molecule has 0 amide bonds. The lowest BCUT2D eigenvalue weighted by Gasteiger charge is -2.06. The van der Waals surface area contributed by atoms with Crippen LogP contribution in [0.5, 0.6) is 0 Å². The van der Waals surface area contributed by atoms with E-state index >= 15 is 0 Å². The van der Waals surface area contributed by atoms with Crippen LogP contribution in [0.2, 0.25) is 0 Å². The number of hydrogen-bond donors (Lipinski definition) is 1. The van der Waals surface area contributed by atoms with Crippen LogP contribution >= 0.6 is 27.3 Å². The smallest absolute Gasteiger partial charge is 0.0314 e. The SMILES string of the molecule is CCC(N)Cc1cscc1Br. The Morgan fingerprint density at radius 1 is 1.64 bits per heavy atom. The molecule has 1 unspecified atom stereocenters. The molecule has 1 atom stereocenters. The van der Waals surface area contributed by atoms with Crippen molar-refractivity contribution in [3.63, 3.8) is 0 Å². The molecule has 0 bridgehead atoms. The first-order chi connectivity index (χ1) is 5.24. The molecule has 0 saturated heterocycles. The van der Waals surface area contributed by atoms with Crippen LogP contribution in [-0.4, -0.2) is 6.04 Å². The maximum atomic E-state index is 5.82. The van der Waals surface area contributed by atoms with Gasteiger partial charge >= 0.3 is 0 Å². The zero-order chi connectivity index (χ0) is 8.27. The van der Waals surface area contributed by atoms with Gasteiger partial charge in [0.15, 0.2) is 0 Å². The van der Waals surface area contributed by atoms with E-state index in [2.05, 4.69) is 33.6 Å². The van der Waals surface area contributed by atoms with Crippen molar-refractivity contribution < 1.29 is 0 Å². The summed E-state index contributed by atoms with van der Waals surface area (Å²) in [5.41, 5.74) is 7.15. The van der Waals surface area contributed by atoms with Crippen LogP contribution < -0.4 is 5.73 Å². The van der Waals surface area contributed by atoms with E-state index < -0.39 is 0 Å². The summed E-state index contributed by atoms with van der Waals surface area (Å²) in [5, 5.41) is 4.25. The van der Waals surface area contributed by atoms with Gasteiger partial charge in [0.05, 0.1) is 0 Å². The molecule has 11 heavy (non-hydrogen) atoms. The second-order valence-electron chi connectivity index (χ2n) is 2.62. The molecule has 62 valence electrons. The Balaban J connectivity index is 2.56. The van der Waals surface area contributed by atoms with Gasteiger partial charge in [-0.1, -0.05) is 6.92 Å². The average Bonchev–Trinajstić information content (AvgIpc) is 2.37. The van der Waals surface area contributed by atoms with Crippen molar-refractivity contribution in [2.24, 2.45) is 5.73 Å². The quantitative estimate of drug-likeness (QED) is 0.855. The summed E-state index contributed by atoms with van der Waals surface area (Å²) in [6.07, 6.45) is 2.03. The molecule has 0 aromatic carbocycles. The van der Waals surface area contributed by atoms with Crippen molar-refractivity contribution >= 4 is 27.3 Å². The van der Waals surface area contributed by atoms with E-state index in [9.17, 15) is 0 Å². The van der Waals surface area contributed by atoms with Crippen molar-refractivity contribution in [1.29, 1.82) is 0 Å². The number of rotatable bonds is 3. The van der Waals surface area contributed by atoms with Crippen molar-refractivity contribution in [1.82, 2.24) is 0 Å². The maximum Gasteiger partial charge on any atom is 0.0314 e. The summed E-state index contributed by atoms with van der Waals surface area (Å²) in [4.78, 5) is 0. The van der Waals surface area contributed by atoms with Gasteiger partial charge in [0.2, 0.25) is 0 Å². The molecule has 0 aliphatic heterocycles. The van der Waals surface area contributed by atoms with E-state index in [1.54, 1.807) is 11.3 Å². The van der Waals surface area contributed by atoms with E-state index in [0.717, 1.165) is 12.8 Å². The first-order valence-electron chi connectivity index (χ1n) is 3.70. The summed E-state index contributed by atoms with van der Waals surface area (Å²) in [6, 6.07) is 0.306. The molecular weight excluding hydrogens is 222 g/mol. The Morgan fingerprint density at radius 3 is 2.82 bits per heavy atom. The second kappa shape index (κ2) is 4.24. The molecule has 0 aliphatic rings. The van der Waals surface area contributed by atoms with E-state index in [1.165, 1.54) is 10.0 Å². The third-order valence-electron chi connectivity index (χ3n) is 1.70. The molecule has 0 saturated carbocycles. The van der Waals surface area contributed by atoms with Crippen LogP contribution in [-0.2, 0) is 6.42 Å². The normalized spacial score (nSPS) is 13.4. The average molecular weight is 234 g/mol. The van der Waals surface area contributed by atoms with Crippen molar-refractivity contribution in [3.8, 4) is 0 Å². The monoisotopic (exact) mass is 233 g/mol. The first-order valence-corrected chi connectivity index (χ1v) is 5.43. The van der Waals surface area contributed by atoms with E-state index in [0.29, 0.717) is 6.04 Å². The van der Waals surface area contributed by atoms with Crippen molar-refractivity contribution in [2.75, 3.05) is 0 Å². The van der Waals surface area contributed by atoms with Gasteiger partial charge in [0.1, 0.15) is 0 Å². The van der Waals surface area contributed by atoms with Crippen LogP contribution in [0.1, 0.15) is 18.9 Å². The highest BCUT2D eigenvalue weighted by Gasteiger charge is 2.04. The number of hydrogen-bond acceptors (Lipinski definition) is 2. The predicted molar refractivity (Wildman–Crippen MR) is 54.0 cm³/mol. The zero-order valence-electron chi connectivity index (χ0n) is 6.51. The summed E-state index contributed by atoms with van der Waals surface area (Å²) in [7, 11) is 0. The van der Waals surface area contributed by atoms with Gasteiger partial charge in [-0.3, -0.25) is 0 Å². The number of nitrogens with two attached hydrogens (primary N) is 1. The first kappa shape index (κ1) is 9.23. The van der Waals surface area contributed by atoms with Crippen molar-refractivity contribution in [3.05, 3.63) is 20.8 Å². The minimum atomic E-state index is 0.306. The summed E-state index contributed by atoms with van der Waals surface area (Å²) in [5.74, 6) is 0. The highest BCUT2D eigenvalue weighted by molar-refractivity contribution is 9.10. The predicted octanol–water partition coefficient (Wildman–Crippen LogP) is 2.79. The van der Waals surface area contributed by atoms with Gasteiger partial charge in [0, 0.05) is 15.9 Å². The molecule has 3 heteroatoms. The fourth-order valence-electron chi connectivity index (χ4n) is 0.880. The van der Waals surface area contributed by atoms with Gasteiger partial charge < -0.3 is 5.73 Å². The minimum absolute atomic E-state index is 0.306. The van der Waals surface area contributed by atoms with E-state index in [1.807, 2.05) is 0 Å². The van der Waals surface area contributed by atoms with Crippen LogP contribution in [0, 0.1) is 0 Å². The van der Waals surface area contributed by atoms with Crippen LogP contribution in [0.15, 0.2) is 15.2 Å². The van der Waals surface area contributed by atoms with E-state index in [4.69, 9.17) is 5.73 Å². The fraction of sp³-hybridized carbons (Fsp3) is 0.500. The second-order valence-corrected chi connectivity index (χ2v) is 4.22. The van der Waals surface area contributed by atoms with Crippen molar-refractivity contribution in [2.45, 2.75) is 25.8 Å². The number of halogens is 1. The summed E-state index contributed by atoms with van der Waals surface area (Å²) in [6.45, 7) is 2.12. The molecule has 0 spiro atoms. The third-order valence-corrected chi connectivity index (χ3v) is 3.53. The molecule has 0 fully saturated rings. The molecule has 1 aromatic heterocycles. The van der Waals surface area contributed by atoms with Gasteiger partial charge in [0.25, 0.3) is 0 Å². The summed E-state index contributed by atoms with van der Waals surface area (Å²) >= 11 is 5.20. The Labute approximate surface area is 79.7 Å². The molecule has 1 nitrogen and oxygen atoms in total. The largest absolute Gasteiger partial charge is 0.327 e. The van der Waals surface area contributed by atoms with E-state index in [-0.39, 0.29) is 0 Å². The topological polar surface area (TPSA) is 26.0 Å². The van der Waals surface area contributed by atoms with Crippen LogP contribution in [0.25, 0.3) is 0 Å². The highest BCUT2D eigenvalue weighted by atomic mass is 79.9. The zero-order valence-corrected chi connectivity index (χ0v) is 8.91. The van der Waals surface area contributed by atoms with Crippen LogP contribution in [0.4, 0.5) is 0 Å². The molecule has 0 radical (unpaired) electrons. The Morgan fingerprint density at radius 2 is 2.36 bits per heavy atom. The molecule has 0 aliphatic carbocycles. The summed E-state index contributed by atoms with van der Waals surface area (Å²) < 4.78 is 1.20. The highest BCUT2D eigenvalue weighted by Crippen LogP contribution is 2.22. The minimum Gasteiger partial charge on any atom is -0.327 e.